The Morgan fingerprint density at radius 1 is 0.651 bits per heavy atom. The molecule has 0 fully saturated rings. The van der Waals surface area contributed by atoms with Gasteiger partial charge in [0.05, 0.1) is 25.4 Å². The molecule has 11 heteroatoms. The third-order valence-electron chi connectivity index (χ3n) is 7.61. The molecule has 2 heterocycles. The topological polar surface area (TPSA) is 121 Å². The van der Waals surface area contributed by atoms with Crippen molar-refractivity contribution >= 4 is 58.5 Å². The van der Waals surface area contributed by atoms with E-state index in [9.17, 15) is 19.2 Å². The summed E-state index contributed by atoms with van der Waals surface area (Å²) >= 11 is 12.6. The molecule has 0 radical (unpaired) electrons. The van der Waals surface area contributed by atoms with Crippen molar-refractivity contribution in [2.75, 3.05) is 14.2 Å². The molecule has 9 nitrogen and oxygen atoms in total. The minimum Gasteiger partial charge on any atom is -0.468 e. The van der Waals surface area contributed by atoms with Crippen molar-refractivity contribution in [3.8, 4) is 0 Å². The zero-order valence-corrected chi connectivity index (χ0v) is 25.9. The lowest BCUT2D eigenvalue weighted by atomic mass is 9.75. The van der Waals surface area contributed by atoms with E-state index >= 15 is 0 Å². The molecule has 4 unspecified atom stereocenters. The molecule has 4 atom stereocenters. The van der Waals surface area contributed by atoms with Crippen LogP contribution < -0.4 is 0 Å². The van der Waals surface area contributed by atoms with E-state index in [1.54, 1.807) is 76.2 Å². The quantitative estimate of drug-likeness (QED) is 0.219. The maximum absolute atomic E-state index is 13.9. The predicted molar refractivity (Wildman–Crippen MR) is 162 cm³/mol. The van der Waals surface area contributed by atoms with Crippen molar-refractivity contribution in [1.29, 1.82) is 0 Å². The summed E-state index contributed by atoms with van der Waals surface area (Å²) in [4.78, 5) is 62.6. The molecule has 0 bridgehead atoms. The Morgan fingerprint density at radius 3 is 1.35 bits per heavy atom. The number of carbonyl (C=O) groups excluding carboxylic acids is 4. The molecule has 0 saturated carbocycles. The Bertz CT molecular complexity index is 1520. The van der Waals surface area contributed by atoms with Gasteiger partial charge in [-0.05, 0) is 63.1 Å². The summed E-state index contributed by atoms with van der Waals surface area (Å²) in [6, 6.07) is 13.4. The average molecular weight is 626 g/mol. The Kier molecular flexibility index (Phi) is 9.67. The fourth-order valence-corrected chi connectivity index (χ4v) is 6.18. The van der Waals surface area contributed by atoms with Gasteiger partial charge in [-0.15, -0.1) is 0 Å². The number of esters is 4. The summed E-state index contributed by atoms with van der Waals surface area (Å²) in [5.74, 6) is -7.02. The number of halogens is 2. The molecule has 4 rings (SSSR count). The molecule has 0 saturated heterocycles. The molecule has 2 aromatic carbocycles. The van der Waals surface area contributed by atoms with Crippen LogP contribution in [0.15, 0.2) is 81.1 Å². The molecule has 224 valence electrons. The second-order valence-corrected chi connectivity index (χ2v) is 11.1. The number of rotatable bonds is 6. The Hall–Kier alpha value is -4.08. The van der Waals surface area contributed by atoms with Gasteiger partial charge in [0.25, 0.3) is 0 Å². The predicted octanol–water partition coefficient (Wildman–Crippen LogP) is 6.01. The Labute approximate surface area is 259 Å². The van der Waals surface area contributed by atoms with Gasteiger partial charge in [0, 0.05) is 44.7 Å². The van der Waals surface area contributed by atoms with E-state index in [4.69, 9.17) is 37.4 Å². The van der Waals surface area contributed by atoms with Crippen LogP contribution in [-0.2, 0) is 33.4 Å². The molecule has 2 aliphatic rings. The first kappa shape index (κ1) is 31.8. The molecule has 2 aromatic rings. The van der Waals surface area contributed by atoms with E-state index in [-0.39, 0.29) is 22.5 Å². The molecule has 0 aromatic heterocycles. The maximum atomic E-state index is 13.9. The lowest BCUT2D eigenvalue weighted by molar-refractivity contribution is -0.154. The fraction of sp³-hybridized carbons (Fsp3) is 0.312. The Morgan fingerprint density at radius 2 is 1.02 bits per heavy atom. The summed E-state index contributed by atoms with van der Waals surface area (Å²) in [6.45, 7) is 6.51. The first-order valence-corrected chi connectivity index (χ1v) is 14.1. The summed E-state index contributed by atoms with van der Waals surface area (Å²) in [6.07, 6.45) is 0. The van der Waals surface area contributed by atoms with Crippen LogP contribution in [0.1, 0.15) is 50.7 Å². The minimum absolute atomic E-state index is 0.00538. The van der Waals surface area contributed by atoms with Crippen LogP contribution in [0.4, 0.5) is 0 Å². The standard InChI is InChI=1S/C32H30Cl2N2O7/c1-15-23(29(37)41-5)27(19-9-7-11-21(33)13-19)25(17(3)35-15)31(39)43-32(40)26-18(4)36-16(2)24(30(38)42-6)28(26)20-10-8-12-22(34)14-20/h7-14,23-24,27-28H,1-6H3. The molecular weight excluding hydrogens is 595 g/mol. The smallest absolute Gasteiger partial charge is 0.344 e. The van der Waals surface area contributed by atoms with Gasteiger partial charge in [0.1, 0.15) is 11.8 Å². The zero-order valence-electron chi connectivity index (χ0n) is 24.4. The van der Waals surface area contributed by atoms with E-state index in [1.807, 2.05) is 0 Å². The van der Waals surface area contributed by atoms with Crippen LogP contribution in [0.2, 0.25) is 10.0 Å². The highest BCUT2D eigenvalue weighted by Gasteiger charge is 2.45. The van der Waals surface area contributed by atoms with Gasteiger partial charge in [0.15, 0.2) is 0 Å². The number of carbonyl (C=O) groups is 4. The molecule has 0 spiro atoms. The molecule has 0 amide bonds. The number of nitrogens with zero attached hydrogens (tertiary/aromatic N) is 2. The van der Waals surface area contributed by atoms with Gasteiger partial charge in [-0.25, -0.2) is 9.59 Å². The lowest BCUT2D eigenvalue weighted by Gasteiger charge is -2.32. The third-order valence-corrected chi connectivity index (χ3v) is 8.08. The second kappa shape index (κ2) is 13.1. The van der Waals surface area contributed by atoms with Crippen molar-refractivity contribution in [2.45, 2.75) is 39.5 Å². The van der Waals surface area contributed by atoms with E-state index in [0.29, 0.717) is 32.6 Å². The summed E-state index contributed by atoms with van der Waals surface area (Å²) in [5.41, 5.74) is 2.44. The van der Waals surface area contributed by atoms with Crippen LogP contribution in [0.3, 0.4) is 0 Å². The van der Waals surface area contributed by atoms with Crippen LogP contribution in [0.25, 0.3) is 0 Å². The number of benzene rings is 2. The highest BCUT2D eigenvalue weighted by Crippen LogP contribution is 2.43. The van der Waals surface area contributed by atoms with E-state index < -0.39 is 47.5 Å². The van der Waals surface area contributed by atoms with Gasteiger partial charge >= 0.3 is 23.9 Å². The SMILES string of the molecule is COC(=O)C1C(C)=NC(C)=C(C(=O)OC(=O)C2=C(C)N=C(C)C(C(=O)OC)C2c2cccc(Cl)c2)C1c1cccc(Cl)c1. The van der Waals surface area contributed by atoms with Crippen LogP contribution in [0.5, 0.6) is 0 Å². The van der Waals surface area contributed by atoms with Crippen molar-refractivity contribution < 1.29 is 33.4 Å². The largest absolute Gasteiger partial charge is 0.468 e. The zero-order chi connectivity index (χ0) is 31.6. The van der Waals surface area contributed by atoms with Crippen molar-refractivity contribution in [2.24, 2.45) is 21.8 Å². The van der Waals surface area contributed by atoms with Gasteiger partial charge in [0.2, 0.25) is 0 Å². The summed E-state index contributed by atoms with van der Waals surface area (Å²) in [7, 11) is 2.48. The van der Waals surface area contributed by atoms with Gasteiger partial charge in [-0.3, -0.25) is 19.6 Å². The Balaban J connectivity index is 1.81. The normalized spacial score (nSPS) is 22.0. The van der Waals surface area contributed by atoms with E-state index in [2.05, 4.69) is 9.98 Å². The van der Waals surface area contributed by atoms with Gasteiger partial charge in [-0.1, -0.05) is 47.5 Å². The van der Waals surface area contributed by atoms with Crippen LogP contribution in [-0.4, -0.2) is 49.5 Å². The number of hydrogen-bond acceptors (Lipinski definition) is 9. The first-order chi connectivity index (χ1) is 20.4. The average Bonchev–Trinajstić information content (AvgIpc) is 2.95. The monoisotopic (exact) mass is 624 g/mol. The van der Waals surface area contributed by atoms with E-state index in [0.717, 1.165) is 0 Å². The minimum atomic E-state index is -1.01. The second-order valence-electron chi connectivity index (χ2n) is 10.2. The third kappa shape index (κ3) is 6.33. The molecule has 2 aliphatic heterocycles. The number of methoxy groups -OCH3 is 2. The summed E-state index contributed by atoms with van der Waals surface area (Å²) in [5, 5.41) is 0.773. The van der Waals surface area contributed by atoms with Crippen molar-refractivity contribution in [3.63, 3.8) is 0 Å². The number of aliphatic imine (C=N–C) groups is 2. The van der Waals surface area contributed by atoms with E-state index in [1.165, 1.54) is 14.2 Å². The highest BCUT2D eigenvalue weighted by atomic mass is 35.5. The van der Waals surface area contributed by atoms with Gasteiger partial charge < -0.3 is 14.2 Å². The summed E-state index contributed by atoms with van der Waals surface area (Å²) < 4.78 is 15.6. The molecule has 0 aliphatic carbocycles. The van der Waals surface area contributed by atoms with Crippen LogP contribution >= 0.6 is 23.2 Å². The maximum Gasteiger partial charge on any atom is 0.344 e. The molecular formula is C32H30Cl2N2O7. The highest BCUT2D eigenvalue weighted by molar-refractivity contribution is 6.31. The van der Waals surface area contributed by atoms with Crippen LogP contribution in [0, 0.1) is 11.8 Å². The number of hydrogen-bond donors (Lipinski definition) is 0. The van der Waals surface area contributed by atoms with Crippen molar-refractivity contribution in [1.82, 2.24) is 0 Å². The van der Waals surface area contributed by atoms with Gasteiger partial charge in [-0.2, -0.15) is 0 Å². The first-order valence-electron chi connectivity index (χ1n) is 13.3. The molecule has 0 N–H and O–H groups in total. The molecule has 43 heavy (non-hydrogen) atoms. The number of ether oxygens (including phenoxy) is 3. The number of allylic oxidation sites excluding steroid dienone is 2. The lowest BCUT2D eigenvalue weighted by Crippen LogP contribution is -2.38. The van der Waals surface area contributed by atoms with Crippen molar-refractivity contribution in [3.05, 3.63) is 92.2 Å². The fourth-order valence-electron chi connectivity index (χ4n) is 5.78.